The molecule has 270 valence electrons. The molecule has 0 amide bonds. The maximum Gasteiger partial charge on any atom is 0.139 e. The maximum absolute atomic E-state index is 12.1. The Balaban J connectivity index is 1.19. The topological polar surface area (TPSA) is 48.6 Å². The fourth-order valence-corrected chi connectivity index (χ4v) is 8.50. The van der Waals surface area contributed by atoms with Gasteiger partial charge in [-0.15, -0.1) is 0 Å². The minimum atomic E-state index is -0.0627. The molecule has 1 heterocycles. The molecule has 4 nitrogen and oxygen atoms in total. The predicted molar refractivity (Wildman–Crippen MR) is 243 cm³/mol. The van der Waals surface area contributed by atoms with Crippen LogP contribution < -0.4 is 15.8 Å². The zero-order valence-corrected chi connectivity index (χ0v) is 31.4. The minimum Gasteiger partial charge on any atom is -0.506 e. The van der Waals surface area contributed by atoms with Gasteiger partial charge in [-0.2, -0.15) is 0 Å². The van der Waals surface area contributed by atoms with Gasteiger partial charge in [0, 0.05) is 22.1 Å². The van der Waals surface area contributed by atoms with Gasteiger partial charge >= 0.3 is 0 Å². The van der Waals surface area contributed by atoms with Crippen molar-refractivity contribution in [3.63, 3.8) is 0 Å². The van der Waals surface area contributed by atoms with Crippen LogP contribution >= 0.6 is 0 Å². The normalized spacial score (nSPS) is 11.4. The average molecular weight is 740 g/mol. The number of phenolic OH excluding ortho intramolecular Hbond substituents is 2. The molecule has 9 aromatic carbocycles. The molecule has 0 aliphatic rings. The van der Waals surface area contributed by atoms with Crippen LogP contribution in [0.3, 0.4) is 0 Å². The van der Waals surface area contributed by atoms with Crippen molar-refractivity contribution in [2.45, 2.75) is 0 Å². The number of fused-ring (bicyclic) bond motifs is 4. The van der Waals surface area contributed by atoms with Gasteiger partial charge in [-0.25, -0.2) is 0 Å². The van der Waals surface area contributed by atoms with Crippen LogP contribution in [0.2, 0.25) is 0 Å². The second kappa shape index (κ2) is 14.3. The first-order valence-electron chi connectivity index (χ1n) is 19.2. The Kier molecular flexibility index (Phi) is 8.61. The van der Waals surface area contributed by atoms with Crippen molar-refractivity contribution in [3.05, 3.63) is 194 Å². The van der Waals surface area contributed by atoms with E-state index in [4.69, 9.17) is 15.7 Å². The predicted octanol–water partition coefficient (Wildman–Crippen LogP) is 11.4. The largest absolute Gasteiger partial charge is 0.506 e. The van der Waals surface area contributed by atoms with E-state index in [1.165, 1.54) is 0 Å². The molecule has 6 heteroatoms. The lowest BCUT2D eigenvalue weighted by atomic mass is 9.85. The van der Waals surface area contributed by atoms with Crippen molar-refractivity contribution in [1.29, 1.82) is 0 Å². The molecule has 0 unspecified atom stereocenters. The van der Waals surface area contributed by atoms with E-state index in [0.29, 0.717) is 28.0 Å². The molecule has 10 aromatic rings. The van der Waals surface area contributed by atoms with Crippen LogP contribution in [-0.4, -0.2) is 30.5 Å². The van der Waals surface area contributed by atoms with E-state index >= 15 is 0 Å². The molecule has 0 atom stereocenters. The Morgan fingerprint density at radius 1 is 0.414 bits per heavy atom. The number of hydrogen-bond donors (Lipinski definition) is 2. The number of para-hydroxylation sites is 2. The Labute approximate surface area is 339 Å². The molecule has 0 spiro atoms. The molecular formula is C52H34B2N2O2. The van der Waals surface area contributed by atoms with Crippen molar-refractivity contribution < 1.29 is 10.2 Å². The van der Waals surface area contributed by atoms with E-state index in [0.717, 1.165) is 71.6 Å². The summed E-state index contributed by atoms with van der Waals surface area (Å²) >= 11 is 0. The number of nitrogens with zero attached hydrogens (tertiary/aromatic N) is 2. The van der Waals surface area contributed by atoms with Gasteiger partial charge in [0.2, 0.25) is 0 Å². The molecule has 1 aromatic heterocycles. The number of rotatable bonds is 7. The van der Waals surface area contributed by atoms with Crippen LogP contribution in [0.1, 0.15) is 0 Å². The van der Waals surface area contributed by atoms with Crippen molar-refractivity contribution >= 4 is 76.3 Å². The van der Waals surface area contributed by atoms with Crippen molar-refractivity contribution in [1.82, 2.24) is 4.57 Å². The lowest BCUT2D eigenvalue weighted by Crippen LogP contribution is -2.25. The van der Waals surface area contributed by atoms with Gasteiger partial charge < -0.3 is 19.7 Å². The Hall–Kier alpha value is -7.43. The van der Waals surface area contributed by atoms with E-state index in [2.05, 4.69) is 102 Å². The van der Waals surface area contributed by atoms with Gasteiger partial charge in [0.1, 0.15) is 27.2 Å². The van der Waals surface area contributed by atoms with Crippen LogP contribution in [-0.2, 0) is 0 Å². The number of aromatic nitrogens is 1. The summed E-state index contributed by atoms with van der Waals surface area (Å²) in [6.45, 7) is 0. The highest BCUT2D eigenvalue weighted by Gasteiger charge is 2.25. The molecule has 0 fully saturated rings. The summed E-state index contributed by atoms with van der Waals surface area (Å²) in [5, 5.41) is 28.5. The van der Waals surface area contributed by atoms with E-state index in [-0.39, 0.29) is 11.5 Å². The van der Waals surface area contributed by atoms with Crippen LogP contribution in [0.25, 0.3) is 71.6 Å². The highest BCUT2D eigenvalue weighted by atomic mass is 16.3. The molecule has 0 saturated heterocycles. The number of hydrogen-bond acceptors (Lipinski definition) is 3. The summed E-state index contributed by atoms with van der Waals surface area (Å²) in [6.07, 6.45) is 0. The monoisotopic (exact) mass is 740 g/mol. The molecule has 0 saturated carbocycles. The number of benzene rings is 9. The van der Waals surface area contributed by atoms with E-state index in [9.17, 15) is 10.2 Å². The van der Waals surface area contributed by atoms with Crippen molar-refractivity contribution in [3.8, 4) is 50.6 Å². The highest BCUT2D eigenvalue weighted by molar-refractivity contribution is 6.40. The number of phenols is 2. The molecule has 58 heavy (non-hydrogen) atoms. The van der Waals surface area contributed by atoms with Gasteiger partial charge in [0.05, 0.1) is 22.4 Å². The smallest absolute Gasteiger partial charge is 0.139 e. The minimum absolute atomic E-state index is 0.0609. The van der Waals surface area contributed by atoms with Crippen LogP contribution in [0.15, 0.2) is 194 Å². The number of anilines is 3. The SMILES string of the molecule is [B]c1cc(-c2ccccc2)cc(O)c1N(c1cccc(-c2cccc3c2c2ccccc2n3-c2ccccc2)c1)c1c([B])cc(-c2cccc3ccccc23)cc1O. The van der Waals surface area contributed by atoms with Gasteiger partial charge in [-0.1, -0.05) is 157 Å². The Morgan fingerprint density at radius 3 is 1.72 bits per heavy atom. The fraction of sp³-hybridized carbons (Fsp3) is 0. The van der Waals surface area contributed by atoms with Crippen LogP contribution in [0.4, 0.5) is 17.1 Å². The van der Waals surface area contributed by atoms with Gasteiger partial charge in [-0.05, 0) is 92.7 Å². The van der Waals surface area contributed by atoms with Gasteiger partial charge in [0.15, 0.2) is 0 Å². The molecule has 0 aliphatic carbocycles. The standard InChI is InChI=1S/C52H34B2N2O2/c53-44-29-36(33-14-3-1-4-15-33)31-48(57)51(44)56(52-45(54)30-37(32-49(52)58)41-24-12-17-34-16-7-8-22-40(34)41)39-21-11-18-35(28-39)42-25-13-27-47-50(42)43-23-9-10-26-46(43)55(47)38-19-5-2-6-20-38/h1-32,57-58H. The quantitative estimate of drug-likeness (QED) is 0.160. The molecule has 10 rings (SSSR count). The zero-order chi connectivity index (χ0) is 39.3. The number of aromatic hydroxyl groups is 2. The fourth-order valence-electron chi connectivity index (χ4n) is 8.50. The van der Waals surface area contributed by atoms with Crippen molar-refractivity contribution in [2.75, 3.05) is 4.90 Å². The summed E-state index contributed by atoms with van der Waals surface area (Å²) in [7, 11) is 14.0. The second-order valence-corrected chi connectivity index (χ2v) is 14.5. The summed E-state index contributed by atoms with van der Waals surface area (Å²) in [5.74, 6) is -0.124. The lowest BCUT2D eigenvalue weighted by molar-refractivity contribution is 0.473. The third-order valence-electron chi connectivity index (χ3n) is 11.0. The van der Waals surface area contributed by atoms with Gasteiger partial charge in [-0.3, -0.25) is 0 Å². The lowest BCUT2D eigenvalue weighted by Gasteiger charge is -2.31. The van der Waals surface area contributed by atoms with E-state index < -0.39 is 0 Å². The highest BCUT2D eigenvalue weighted by Crippen LogP contribution is 2.46. The summed E-state index contributed by atoms with van der Waals surface area (Å²) < 4.78 is 2.30. The maximum atomic E-state index is 12.1. The Bertz CT molecular complexity index is 3130. The summed E-state index contributed by atoms with van der Waals surface area (Å²) in [4.78, 5) is 1.77. The van der Waals surface area contributed by atoms with E-state index in [1.54, 1.807) is 17.0 Å². The Morgan fingerprint density at radius 2 is 0.966 bits per heavy atom. The molecule has 0 bridgehead atoms. The summed E-state index contributed by atoms with van der Waals surface area (Å²) in [6, 6.07) is 64.5. The van der Waals surface area contributed by atoms with E-state index in [1.807, 2.05) is 84.9 Å². The third kappa shape index (κ3) is 5.89. The third-order valence-corrected chi connectivity index (χ3v) is 11.0. The first kappa shape index (κ1) is 35.0. The molecule has 4 radical (unpaired) electrons. The first-order valence-corrected chi connectivity index (χ1v) is 19.2. The zero-order valence-electron chi connectivity index (χ0n) is 31.4. The van der Waals surface area contributed by atoms with Crippen molar-refractivity contribution in [2.24, 2.45) is 0 Å². The second-order valence-electron chi connectivity index (χ2n) is 14.5. The summed E-state index contributed by atoms with van der Waals surface area (Å²) in [5.41, 5.74) is 10.5. The van der Waals surface area contributed by atoms with Gasteiger partial charge in [0.25, 0.3) is 0 Å². The first-order chi connectivity index (χ1) is 28.4. The van der Waals surface area contributed by atoms with Crippen LogP contribution in [0.5, 0.6) is 11.5 Å². The molecular weight excluding hydrogens is 706 g/mol. The molecule has 0 aliphatic heterocycles. The molecule has 2 N–H and O–H groups in total. The average Bonchev–Trinajstić information content (AvgIpc) is 3.60. The van der Waals surface area contributed by atoms with Crippen LogP contribution in [0, 0.1) is 0 Å².